The van der Waals surface area contributed by atoms with Crippen LogP contribution in [0.5, 0.6) is 0 Å². The van der Waals surface area contributed by atoms with Crippen LogP contribution in [0.1, 0.15) is 58.1 Å². The third-order valence-electron chi connectivity index (χ3n) is 5.05. The third kappa shape index (κ3) is 2.94. The minimum atomic E-state index is -0.389. The first-order chi connectivity index (χ1) is 9.12. The van der Waals surface area contributed by atoms with Gasteiger partial charge in [0.15, 0.2) is 0 Å². The van der Waals surface area contributed by atoms with Crippen molar-refractivity contribution in [2.24, 2.45) is 5.41 Å². The summed E-state index contributed by atoms with van der Waals surface area (Å²) in [4.78, 5) is 2.45. The maximum absolute atomic E-state index is 9.90. The Bertz CT molecular complexity index is 399. The Morgan fingerprint density at radius 1 is 1.16 bits per heavy atom. The molecule has 2 heteroatoms. The van der Waals surface area contributed by atoms with Crippen LogP contribution in [0.25, 0.3) is 0 Å². The van der Waals surface area contributed by atoms with Gasteiger partial charge in [0.25, 0.3) is 0 Å². The van der Waals surface area contributed by atoms with Gasteiger partial charge >= 0.3 is 0 Å². The standard InChI is InChI=1S/C17H27NO/c1-4-17(5-2)10-12-18(13-11-17)16-9-7-6-8-15(16)14(3)19/h6-9,14,19H,4-5,10-13H2,1-3H3/t14-/m1/s1. The van der Waals surface area contributed by atoms with E-state index in [1.807, 2.05) is 19.1 Å². The van der Waals surface area contributed by atoms with Crippen molar-refractivity contribution in [3.05, 3.63) is 29.8 Å². The zero-order valence-corrected chi connectivity index (χ0v) is 12.5. The molecule has 0 unspecified atom stereocenters. The Kier molecular flexibility index (Phi) is 4.51. The van der Waals surface area contributed by atoms with Crippen molar-refractivity contribution in [2.75, 3.05) is 18.0 Å². The van der Waals surface area contributed by atoms with Crippen LogP contribution in [0, 0.1) is 5.41 Å². The molecule has 0 spiro atoms. The first kappa shape index (κ1) is 14.4. The SMILES string of the molecule is CCC1(CC)CCN(c2ccccc2[C@@H](C)O)CC1. The molecule has 106 valence electrons. The molecule has 1 aromatic carbocycles. The maximum atomic E-state index is 9.90. The lowest BCUT2D eigenvalue weighted by molar-refractivity contribution is 0.193. The lowest BCUT2D eigenvalue weighted by Gasteiger charge is -2.42. The van der Waals surface area contributed by atoms with Crippen LogP contribution in [0.2, 0.25) is 0 Å². The van der Waals surface area contributed by atoms with E-state index in [1.54, 1.807) is 0 Å². The summed E-state index contributed by atoms with van der Waals surface area (Å²) in [5.74, 6) is 0. The lowest BCUT2D eigenvalue weighted by Crippen LogP contribution is -2.40. The van der Waals surface area contributed by atoms with E-state index in [-0.39, 0.29) is 6.10 Å². The van der Waals surface area contributed by atoms with E-state index in [2.05, 4.69) is 30.9 Å². The van der Waals surface area contributed by atoms with Gasteiger partial charge in [0.2, 0.25) is 0 Å². The fourth-order valence-corrected chi connectivity index (χ4v) is 3.31. The Labute approximate surface area is 117 Å². The molecule has 0 bridgehead atoms. The van der Waals surface area contributed by atoms with Gasteiger partial charge in [0, 0.05) is 24.3 Å². The number of piperidine rings is 1. The zero-order valence-electron chi connectivity index (χ0n) is 12.5. The molecule has 1 aromatic rings. The fraction of sp³-hybridized carbons (Fsp3) is 0.647. The molecule has 0 amide bonds. The molecule has 2 nitrogen and oxygen atoms in total. The molecule has 0 radical (unpaired) electrons. The van der Waals surface area contributed by atoms with Crippen LogP contribution in [0.15, 0.2) is 24.3 Å². The number of hydrogen-bond donors (Lipinski definition) is 1. The highest BCUT2D eigenvalue weighted by atomic mass is 16.3. The molecule has 0 aliphatic carbocycles. The summed E-state index contributed by atoms with van der Waals surface area (Å²) in [6.07, 6.45) is 4.73. The summed E-state index contributed by atoms with van der Waals surface area (Å²) in [6, 6.07) is 8.27. The van der Waals surface area contributed by atoms with Crippen molar-refractivity contribution in [2.45, 2.75) is 52.6 Å². The van der Waals surface area contributed by atoms with Crippen molar-refractivity contribution in [3.63, 3.8) is 0 Å². The van der Waals surface area contributed by atoms with Crippen LogP contribution in [-0.2, 0) is 0 Å². The summed E-state index contributed by atoms with van der Waals surface area (Å²) in [6.45, 7) is 8.73. The molecule has 1 fully saturated rings. The normalized spacial score (nSPS) is 20.3. The van der Waals surface area contributed by atoms with Crippen molar-refractivity contribution in [1.82, 2.24) is 0 Å². The Morgan fingerprint density at radius 3 is 2.26 bits per heavy atom. The number of aliphatic hydroxyl groups excluding tert-OH is 1. The first-order valence-corrected chi connectivity index (χ1v) is 7.64. The zero-order chi connectivity index (χ0) is 13.9. The molecule has 1 heterocycles. The molecule has 0 aromatic heterocycles. The minimum Gasteiger partial charge on any atom is -0.389 e. The van der Waals surface area contributed by atoms with Gasteiger partial charge in [0.05, 0.1) is 6.10 Å². The highest BCUT2D eigenvalue weighted by Crippen LogP contribution is 2.40. The van der Waals surface area contributed by atoms with E-state index >= 15 is 0 Å². The summed E-state index contributed by atoms with van der Waals surface area (Å²) in [7, 11) is 0. The van der Waals surface area contributed by atoms with Gasteiger partial charge in [-0.3, -0.25) is 0 Å². The highest BCUT2D eigenvalue weighted by molar-refractivity contribution is 5.54. The molecule has 0 saturated carbocycles. The van der Waals surface area contributed by atoms with Gasteiger partial charge in [-0.25, -0.2) is 0 Å². The van der Waals surface area contributed by atoms with Crippen LogP contribution in [0.3, 0.4) is 0 Å². The van der Waals surface area contributed by atoms with Crippen molar-refractivity contribution < 1.29 is 5.11 Å². The number of nitrogens with zero attached hydrogens (tertiary/aromatic N) is 1. The summed E-state index contributed by atoms with van der Waals surface area (Å²) >= 11 is 0. The highest BCUT2D eigenvalue weighted by Gasteiger charge is 2.31. The van der Waals surface area contributed by atoms with Crippen LogP contribution >= 0.6 is 0 Å². The first-order valence-electron chi connectivity index (χ1n) is 7.64. The second kappa shape index (κ2) is 5.96. The molecular formula is C17H27NO. The second-order valence-corrected chi connectivity index (χ2v) is 5.93. The van der Waals surface area contributed by atoms with Gasteiger partial charge < -0.3 is 10.0 Å². The van der Waals surface area contributed by atoms with Crippen molar-refractivity contribution in [3.8, 4) is 0 Å². The minimum absolute atomic E-state index is 0.389. The predicted octanol–water partition coefficient (Wildman–Crippen LogP) is 4.15. The quantitative estimate of drug-likeness (QED) is 0.880. The van der Waals surface area contributed by atoms with Gasteiger partial charge in [0.1, 0.15) is 0 Å². The van der Waals surface area contributed by atoms with Gasteiger partial charge in [-0.2, -0.15) is 0 Å². The van der Waals surface area contributed by atoms with Crippen LogP contribution < -0.4 is 4.90 Å². The fourth-order valence-electron chi connectivity index (χ4n) is 3.31. The van der Waals surface area contributed by atoms with E-state index in [0.29, 0.717) is 5.41 Å². The topological polar surface area (TPSA) is 23.5 Å². The van der Waals surface area contributed by atoms with Crippen molar-refractivity contribution in [1.29, 1.82) is 0 Å². The molecule has 1 saturated heterocycles. The Hall–Kier alpha value is -1.02. The number of hydrogen-bond acceptors (Lipinski definition) is 2. The van der Waals surface area contributed by atoms with E-state index in [0.717, 1.165) is 18.7 Å². The van der Waals surface area contributed by atoms with E-state index in [4.69, 9.17) is 0 Å². The lowest BCUT2D eigenvalue weighted by atomic mass is 9.74. The van der Waals surface area contributed by atoms with Crippen molar-refractivity contribution >= 4 is 5.69 Å². The monoisotopic (exact) mass is 261 g/mol. The average Bonchev–Trinajstić information content (AvgIpc) is 2.47. The maximum Gasteiger partial charge on any atom is 0.0781 e. The smallest absolute Gasteiger partial charge is 0.0781 e. The molecular weight excluding hydrogens is 234 g/mol. The van der Waals surface area contributed by atoms with Gasteiger partial charge in [-0.05, 0) is 31.2 Å². The number of benzene rings is 1. The number of anilines is 1. The number of rotatable bonds is 4. The third-order valence-corrected chi connectivity index (χ3v) is 5.05. The Balaban J connectivity index is 2.14. The van der Waals surface area contributed by atoms with Gasteiger partial charge in [-0.1, -0.05) is 44.9 Å². The van der Waals surface area contributed by atoms with Crippen LogP contribution in [-0.4, -0.2) is 18.2 Å². The summed E-state index contributed by atoms with van der Waals surface area (Å²) < 4.78 is 0. The molecule has 1 N–H and O–H groups in total. The average molecular weight is 261 g/mol. The largest absolute Gasteiger partial charge is 0.389 e. The Morgan fingerprint density at radius 2 is 1.74 bits per heavy atom. The molecule has 19 heavy (non-hydrogen) atoms. The molecule has 1 aliphatic heterocycles. The van der Waals surface area contributed by atoms with E-state index in [1.165, 1.54) is 31.4 Å². The second-order valence-electron chi connectivity index (χ2n) is 5.93. The molecule has 1 atom stereocenters. The molecule has 1 aliphatic rings. The van der Waals surface area contributed by atoms with E-state index in [9.17, 15) is 5.11 Å². The van der Waals surface area contributed by atoms with E-state index < -0.39 is 0 Å². The number of para-hydroxylation sites is 1. The predicted molar refractivity (Wildman–Crippen MR) is 81.5 cm³/mol. The summed E-state index contributed by atoms with van der Waals surface area (Å²) in [5.41, 5.74) is 2.83. The van der Waals surface area contributed by atoms with Crippen LogP contribution in [0.4, 0.5) is 5.69 Å². The number of aliphatic hydroxyl groups is 1. The summed E-state index contributed by atoms with van der Waals surface area (Å²) in [5, 5.41) is 9.90. The van der Waals surface area contributed by atoms with Gasteiger partial charge in [-0.15, -0.1) is 0 Å². The molecule has 2 rings (SSSR count).